The van der Waals surface area contributed by atoms with Crippen molar-refractivity contribution in [2.45, 2.75) is 38.8 Å². The Morgan fingerprint density at radius 1 is 1.25 bits per heavy atom. The Morgan fingerprint density at radius 2 is 1.88 bits per heavy atom. The van der Waals surface area contributed by atoms with Crippen LogP contribution < -0.4 is 5.32 Å². The minimum Gasteiger partial charge on any atom is -0.444 e. The second kappa shape index (κ2) is 11.6. The number of hydrogen-bond donors (Lipinski definition) is 1. The molecule has 8 nitrogen and oxygen atoms in total. The fourth-order valence-electron chi connectivity index (χ4n) is 3.18. The van der Waals surface area contributed by atoms with Crippen LogP contribution in [0.15, 0.2) is 23.2 Å². The van der Waals surface area contributed by atoms with E-state index in [9.17, 15) is 9.59 Å². The lowest BCUT2D eigenvalue weighted by Crippen LogP contribution is -2.56. The summed E-state index contributed by atoms with van der Waals surface area (Å²) in [5.41, 5.74) is -0.00913. The van der Waals surface area contributed by atoms with Crippen molar-refractivity contribution in [2.75, 3.05) is 32.4 Å². The number of ether oxygens (including phenoxy) is 1. The van der Waals surface area contributed by atoms with Gasteiger partial charge in [0.25, 0.3) is 0 Å². The maximum Gasteiger partial charge on any atom is 0.408 e. The molecule has 174 valence electrons. The van der Waals surface area contributed by atoms with E-state index in [0.29, 0.717) is 47.0 Å². The third-order valence-corrected chi connectivity index (χ3v) is 5.92. The lowest BCUT2D eigenvalue weighted by molar-refractivity contribution is -0.134. The quantitative estimate of drug-likeness (QED) is 0.384. The maximum absolute atomic E-state index is 13.3. The van der Waals surface area contributed by atoms with Gasteiger partial charge in [-0.05, 0) is 44.7 Å². The second-order valence-corrected chi connectivity index (χ2v) is 9.77. The number of alkyl carbamates (subject to hydrolysis) is 1. The molecule has 0 spiro atoms. The highest BCUT2D eigenvalue weighted by Crippen LogP contribution is 2.23. The summed E-state index contributed by atoms with van der Waals surface area (Å²) < 4.78 is 5.35. The number of amidine groups is 1. The van der Waals surface area contributed by atoms with Crippen molar-refractivity contribution in [1.29, 1.82) is 5.26 Å². The zero-order valence-corrected chi connectivity index (χ0v) is 20.9. The van der Waals surface area contributed by atoms with E-state index in [0.717, 1.165) is 0 Å². The van der Waals surface area contributed by atoms with Crippen molar-refractivity contribution in [2.24, 2.45) is 4.99 Å². The molecule has 1 aliphatic rings. The van der Waals surface area contributed by atoms with Gasteiger partial charge in [-0.2, -0.15) is 5.26 Å². The highest BCUT2D eigenvalue weighted by atomic mass is 35.5. The van der Waals surface area contributed by atoms with Crippen LogP contribution >= 0.6 is 35.0 Å². The summed E-state index contributed by atoms with van der Waals surface area (Å²) >= 11 is 13.7. The summed E-state index contributed by atoms with van der Waals surface area (Å²) in [6.07, 6.45) is 3.18. The van der Waals surface area contributed by atoms with Gasteiger partial charge < -0.3 is 19.9 Å². The summed E-state index contributed by atoms with van der Waals surface area (Å²) in [5.74, 6) is -0.232. The third-order valence-electron chi connectivity index (χ3n) is 4.62. The van der Waals surface area contributed by atoms with Gasteiger partial charge in [-0.1, -0.05) is 41.0 Å². The Kier molecular flexibility index (Phi) is 9.49. The predicted molar refractivity (Wildman–Crippen MR) is 128 cm³/mol. The Hall–Kier alpha value is -2.15. The second-order valence-electron chi connectivity index (χ2n) is 8.15. The first kappa shape index (κ1) is 26.1. The largest absolute Gasteiger partial charge is 0.444 e. The molecule has 1 N–H and O–H groups in total. The number of nitriles is 1. The number of benzene rings is 1. The van der Waals surface area contributed by atoms with Crippen molar-refractivity contribution in [3.63, 3.8) is 0 Å². The normalized spacial score (nSPS) is 15.7. The molecule has 1 aliphatic heterocycles. The van der Waals surface area contributed by atoms with Gasteiger partial charge in [-0.3, -0.25) is 4.79 Å². The Bertz CT molecular complexity index is 906. The number of carbonyl (C=O) groups excluding carboxylic acids is 2. The van der Waals surface area contributed by atoms with Gasteiger partial charge in [0, 0.05) is 42.6 Å². The fraction of sp³-hybridized carbons (Fsp3) is 0.524. The van der Waals surface area contributed by atoms with E-state index in [-0.39, 0.29) is 12.3 Å². The molecule has 1 fully saturated rings. The van der Waals surface area contributed by atoms with Gasteiger partial charge >= 0.3 is 6.09 Å². The Morgan fingerprint density at radius 3 is 2.41 bits per heavy atom. The van der Waals surface area contributed by atoms with Gasteiger partial charge in [0.15, 0.2) is 5.17 Å². The first-order valence-electron chi connectivity index (χ1n) is 10.0. The van der Waals surface area contributed by atoms with E-state index < -0.39 is 17.7 Å². The number of aliphatic imine (C=N–C) groups is 1. The standard InChI is InChI=1S/C21H27Cl2N5O3S/c1-21(2,3)31-20(30)26-17(11-14-5-6-15(22)12-16(14)23)18(29)27-7-9-28(10-8-27)19(32-4)25-13-24/h5-6,12,17H,7-11H2,1-4H3,(H,26,30)/b25-19-/t17-/m0/s1. The molecule has 0 aliphatic carbocycles. The zero-order valence-electron chi connectivity index (χ0n) is 18.5. The average Bonchev–Trinajstić information content (AvgIpc) is 2.71. The zero-order chi connectivity index (χ0) is 23.9. The SMILES string of the molecule is CS/C(=N\C#N)N1CCN(C(=O)[C@H](Cc2ccc(Cl)cc2Cl)NC(=O)OC(C)(C)C)CC1. The molecule has 0 unspecified atom stereocenters. The van der Waals surface area contributed by atoms with Crippen molar-refractivity contribution >= 4 is 52.1 Å². The van der Waals surface area contributed by atoms with Gasteiger partial charge in [0.1, 0.15) is 11.6 Å². The number of halogens is 2. The van der Waals surface area contributed by atoms with Crippen LogP contribution in [0.2, 0.25) is 10.0 Å². The molecule has 2 rings (SSSR count). The van der Waals surface area contributed by atoms with Crippen LogP contribution in [0.3, 0.4) is 0 Å². The predicted octanol–water partition coefficient (Wildman–Crippen LogP) is 3.77. The van der Waals surface area contributed by atoms with Crippen LogP contribution in [0.1, 0.15) is 26.3 Å². The van der Waals surface area contributed by atoms with Crippen molar-refractivity contribution in [3.8, 4) is 6.19 Å². The Balaban J connectivity index is 2.15. The number of nitrogens with zero attached hydrogens (tertiary/aromatic N) is 4. The number of hydrogen-bond acceptors (Lipinski definition) is 6. The average molecular weight is 500 g/mol. The molecule has 32 heavy (non-hydrogen) atoms. The highest BCUT2D eigenvalue weighted by molar-refractivity contribution is 8.13. The molecule has 1 heterocycles. The number of amides is 2. The molecule has 1 aromatic rings. The van der Waals surface area contributed by atoms with Gasteiger partial charge in [-0.25, -0.2) is 4.79 Å². The summed E-state index contributed by atoms with van der Waals surface area (Å²) in [6.45, 7) is 7.21. The van der Waals surface area contributed by atoms with Crippen molar-refractivity contribution in [1.82, 2.24) is 15.1 Å². The smallest absolute Gasteiger partial charge is 0.408 e. The number of rotatable bonds is 4. The van der Waals surface area contributed by atoms with Crippen molar-refractivity contribution in [3.05, 3.63) is 33.8 Å². The van der Waals surface area contributed by atoms with Gasteiger partial charge in [-0.15, -0.1) is 4.99 Å². The van der Waals surface area contributed by atoms with Crippen LogP contribution in [0.5, 0.6) is 0 Å². The van der Waals surface area contributed by atoms with E-state index in [4.69, 9.17) is 33.2 Å². The number of carbonyl (C=O) groups is 2. The van der Waals surface area contributed by atoms with E-state index in [1.807, 2.05) is 11.2 Å². The lowest BCUT2D eigenvalue weighted by Gasteiger charge is -2.37. The van der Waals surface area contributed by atoms with Gasteiger partial charge in [0.2, 0.25) is 12.1 Å². The molecule has 1 aromatic carbocycles. The van der Waals surface area contributed by atoms with Crippen LogP contribution in [-0.4, -0.2) is 71.0 Å². The summed E-state index contributed by atoms with van der Waals surface area (Å²) in [6, 6.07) is 4.17. The fourth-order valence-corrected chi connectivity index (χ4v) is 4.24. The molecule has 0 saturated carbocycles. The van der Waals surface area contributed by atoms with Crippen LogP contribution in [0.4, 0.5) is 4.79 Å². The third kappa shape index (κ3) is 7.76. The highest BCUT2D eigenvalue weighted by Gasteiger charge is 2.31. The molecule has 0 aromatic heterocycles. The number of piperazine rings is 1. The minimum absolute atomic E-state index is 0.195. The van der Waals surface area contributed by atoms with E-state index in [1.165, 1.54) is 11.8 Å². The van der Waals surface area contributed by atoms with Crippen LogP contribution in [0, 0.1) is 11.5 Å². The van der Waals surface area contributed by atoms with E-state index >= 15 is 0 Å². The van der Waals surface area contributed by atoms with E-state index in [2.05, 4.69) is 10.3 Å². The molecule has 1 saturated heterocycles. The topological polar surface area (TPSA) is 98.0 Å². The van der Waals surface area contributed by atoms with Crippen molar-refractivity contribution < 1.29 is 14.3 Å². The van der Waals surface area contributed by atoms with E-state index in [1.54, 1.807) is 50.1 Å². The van der Waals surface area contributed by atoms with Crippen LogP contribution in [-0.2, 0) is 16.0 Å². The minimum atomic E-state index is -0.858. The first-order valence-corrected chi connectivity index (χ1v) is 12.0. The van der Waals surface area contributed by atoms with Crippen LogP contribution in [0.25, 0.3) is 0 Å². The molecule has 2 amide bonds. The molecule has 1 atom stereocenters. The molecule has 0 bridgehead atoms. The summed E-state index contributed by atoms with van der Waals surface area (Å²) in [7, 11) is 0. The molecule has 0 radical (unpaired) electrons. The summed E-state index contributed by atoms with van der Waals surface area (Å²) in [4.78, 5) is 33.2. The monoisotopic (exact) mass is 499 g/mol. The Labute approximate surface area is 202 Å². The first-order chi connectivity index (χ1) is 15.0. The molecular formula is C21H27Cl2N5O3S. The van der Waals surface area contributed by atoms with Gasteiger partial charge in [0.05, 0.1) is 0 Å². The number of nitrogens with one attached hydrogen (secondary N) is 1. The molecular weight excluding hydrogens is 473 g/mol. The summed E-state index contributed by atoms with van der Waals surface area (Å²) in [5, 5.41) is 13.1. The lowest BCUT2D eigenvalue weighted by atomic mass is 10.0. The molecule has 11 heteroatoms. The maximum atomic E-state index is 13.3. The number of thioether (sulfide) groups is 1.